The van der Waals surface area contributed by atoms with Gasteiger partial charge in [0, 0.05) is 0 Å². The van der Waals surface area contributed by atoms with Crippen LogP contribution < -0.4 is 0 Å². The minimum absolute atomic E-state index is 0.00665. The van der Waals surface area contributed by atoms with Gasteiger partial charge in [-0.25, -0.2) is 0 Å². The Morgan fingerprint density at radius 3 is 2.19 bits per heavy atom. The van der Waals surface area contributed by atoms with Crippen LogP contribution >= 0.6 is 0 Å². The van der Waals surface area contributed by atoms with Crippen LogP contribution in [0.5, 0.6) is 0 Å². The van der Waals surface area contributed by atoms with Gasteiger partial charge in [-0.2, -0.15) is 0 Å². The minimum Gasteiger partial charge on any atom is -0.545 e. The van der Waals surface area contributed by atoms with Crippen LogP contribution in [0.25, 0.3) is 0 Å². The van der Waals surface area contributed by atoms with Gasteiger partial charge in [-0.15, -0.1) is 0 Å². The molecular formula is C36H66O4Si3. The SMILES string of the molecule is CC(CCCC(C)[C@H]1CCC2C3C(CC[C@@]21C)[C@@]1(C)CC=C(O[Si](C)(C)C)C=C1C[C@H]3O[Si](C)(C)C)C(=O)O[Si](C)(C)C. The zero-order valence-electron chi connectivity index (χ0n) is 30.2. The maximum absolute atomic E-state index is 12.6. The quantitative estimate of drug-likeness (QED) is 0.210. The van der Waals surface area contributed by atoms with Gasteiger partial charge in [-0.1, -0.05) is 46.1 Å². The third kappa shape index (κ3) is 8.02. The Balaban J connectivity index is 1.50. The molecule has 7 heteroatoms. The number of allylic oxidation sites excluding steroid dienone is 2. The van der Waals surface area contributed by atoms with E-state index >= 15 is 0 Å². The van der Waals surface area contributed by atoms with Crippen molar-refractivity contribution in [2.24, 2.45) is 46.3 Å². The van der Waals surface area contributed by atoms with Crippen LogP contribution in [0.15, 0.2) is 23.5 Å². The molecule has 0 aromatic heterocycles. The fraction of sp³-hybridized carbons (Fsp3) is 0.861. The molecule has 4 aliphatic carbocycles. The summed E-state index contributed by atoms with van der Waals surface area (Å²) in [7, 11) is -5.20. The van der Waals surface area contributed by atoms with Crippen molar-refractivity contribution >= 4 is 30.9 Å². The Morgan fingerprint density at radius 2 is 1.58 bits per heavy atom. The van der Waals surface area contributed by atoms with Crippen molar-refractivity contribution < 1.29 is 18.1 Å². The number of rotatable bonds is 11. The van der Waals surface area contributed by atoms with Crippen molar-refractivity contribution in [2.75, 3.05) is 0 Å². The molecule has 0 aromatic carbocycles. The fourth-order valence-corrected chi connectivity index (χ4v) is 12.6. The van der Waals surface area contributed by atoms with E-state index in [0.29, 0.717) is 29.3 Å². The van der Waals surface area contributed by atoms with Crippen molar-refractivity contribution in [2.45, 2.75) is 151 Å². The zero-order chi connectivity index (χ0) is 32.2. The molecule has 43 heavy (non-hydrogen) atoms. The largest absolute Gasteiger partial charge is 0.545 e. The van der Waals surface area contributed by atoms with Crippen LogP contribution in [0.3, 0.4) is 0 Å². The number of hydrogen-bond acceptors (Lipinski definition) is 4. The molecule has 0 aromatic rings. The molecule has 0 amide bonds. The topological polar surface area (TPSA) is 44.8 Å². The van der Waals surface area contributed by atoms with Gasteiger partial charge in [0.05, 0.1) is 17.8 Å². The van der Waals surface area contributed by atoms with E-state index in [1.807, 2.05) is 0 Å². The van der Waals surface area contributed by atoms with Crippen molar-refractivity contribution in [1.82, 2.24) is 0 Å². The Labute approximate surface area is 268 Å². The second-order valence-corrected chi connectivity index (χ2v) is 31.8. The lowest BCUT2D eigenvalue weighted by Gasteiger charge is -2.61. The van der Waals surface area contributed by atoms with Gasteiger partial charge < -0.3 is 13.3 Å². The van der Waals surface area contributed by atoms with E-state index in [9.17, 15) is 4.79 Å². The van der Waals surface area contributed by atoms with Crippen molar-refractivity contribution in [3.63, 3.8) is 0 Å². The van der Waals surface area contributed by atoms with Crippen molar-refractivity contribution in [1.29, 1.82) is 0 Å². The standard InChI is InChI=1S/C36H66O4Si3/c1-25(15-14-16-26(2)34(37)40-43(11,12)13)29-17-18-30-33-31(20-22-36(29,30)4)35(3)21-19-28(38-41(5,6)7)23-27(35)24-32(33)39-42(8,9)10/h19,23,25-26,29-33H,14-18,20-22,24H2,1-13H3/t25?,26?,29-,30?,31?,32-,33?,35+,36-/m1/s1. The van der Waals surface area contributed by atoms with E-state index in [1.165, 1.54) is 32.1 Å². The molecule has 9 atom stereocenters. The summed E-state index contributed by atoms with van der Waals surface area (Å²) >= 11 is 0. The molecule has 0 N–H and O–H groups in total. The monoisotopic (exact) mass is 646 g/mol. The molecule has 0 heterocycles. The molecule has 5 unspecified atom stereocenters. The molecule has 4 aliphatic rings. The van der Waals surface area contributed by atoms with E-state index in [4.69, 9.17) is 13.3 Å². The molecule has 0 aliphatic heterocycles. The summed E-state index contributed by atoms with van der Waals surface area (Å²) in [5.41, 5.74) is 2.21. The zero-order valence-corrected chi connectivity index (χ0v) is 33.2. The molecule has 246 valence electrons. The lowest BCUT2D eigenvalue weighted by Crippen LogP contribution is -2.57. The van der Waals surface area contributed by atoms with Crippen LogP contribution in [0, 0.1) is 46.3 Å². The summed E-state index contributed by atoms with van der Waals surface area (Å²) in [5.74, 6) is 4.68. The predicted octanol–water partition coefficient (Wildman–Crippen LogP) is 10.6. The Bertz CT molecular complexity index is 1080. The predicted molar refractivity (Wildman–Crippen MR) is 188 cm³/mol. The van der Waals surface area contributed by atoms with Gasteiger partial charge in [0.1, 0.15) is 0 Å². The molecule has 3 fully saturated rings. The first-order valence-electron chi connectivity index (χ1n) is 17.6. The average molecular weight is 647 g/mol. The lowest BCUT2D eigenvalue weighted by atomic mass is 9.46. The Hall–Kier alpha value is -0.639. The van der Waals surface area contributed by atoms with E-state index in [1.54, 1.807) is 5.57 Å². The minimum atomic E-state index is -1.83. The first kappa shape index (κ1) is 35.2. The fourth-order valence-electron chi connectivity index (χ4n) is 9.77. The van der Waals surface area contributed by atoms with Crippen molar-refractivity contribution in [3.8, 4) is 0 Å². The second-order valence-electron chi connectivity index (χ2n) is 18.4. The molecule has 0 bridgehead atoms. The van der Waals surface area contributed by atoms with Gasteiger partial charge in [-0.05, 0) is 156 Å². The van der Waals surface area contributed by atoms with Gasteiger partial charge in [0.2, 0.25) is 16.6 Å². The molecule has 4 nitrogen and oxygen atoms in total. The van der Waals surface area contributed by atoms with Crippen LogP contribution in [0.2, 0.25) is 58.9 Å². The van der Waals surface area contributed by atoms with Gasteiger partial charge in [0.15, 0.2) is 8.32 Å². The third-order valence-electron chi connectivity index (χ3n) is 11.6. The maximum atomic E-state index is 12.6. The van der Waals surface area contributed by atoms with E-state index in [0.717, 1.165) is 43.3 Å². The molecule has 3 saturated carbocycles. The highest BCUT2D eigenvalue weighted by atomic mass is 28.4. The maximum Gasteiger partial charge on any atom is 0.295 e. The van der Waals surface area contributed by atoms with E-state index in [2.05, 4.69) is 98.8 Å². The summed E-state index contributed by atoms with van der Waals surface area (Å²) in [6.45, 7) is 30.1. The van der Waals surface area contributed by atoms with Crippen molar-refractivity contribution in [3.05, 3.63) is 23.5 Å². The normalized spacial score (nSPS) is 36.0. The number of carbonyl (C=O) groups is 1. The first-order valence-corrected chi connectivity index (χ1v) is 27.9. The molecule has 4 rings (SSSR count). The highest BCUT2D eigenvalue weighted by Gasteiger charge is 2.62. The first-order chi connectivity index (χ1) is 19.6. The number of hydrogen-bond donors (Lipinski definition) is 0. The van der Waals surface area contributed by atoms with Gasteiger partial charge in [-0.3, -0.25) is 4.79 Å². The highest BCUT2D eigenvalue weighted by molar-refractivity contribution is 6.71. The number of fused-ring (bicyclic) bond motifs is 5. The van der Waals surface area contributed by atoms with Gasteiger partial charge in [0.25, 0.3) is 5.97 Å². The highest BCUT2D eigenvalue weighted by Crippen LogP contribution is 2.68. The van der Waals surface area contributed by atoms with Crippen LogP contribution in [0.1, 0.15) is 85.5 Å². The Morgan fingerprint density at radius 1 is 0.907 bits per heavy atom. The van der Waals surface area contributed by atoms with Crippen LogP contribution in [-0.2, 0) is 18.1 Å². The van der Waals surface area contributed by atoms with Gasteiger partial charge >= 0.3 is 0 Å². The summed E-state index contributed by atoms with van der Waals surface area (Å²) in [6.07, 6.45) is 16.0. The molecule has 0 spiro atoms. The second kappa shape index (κ2) is 12.5. The molecule has 0 radical (unpaired) electrons. The van der Waals surface area contributed by atoms with E-state index in [-0.39, 0.29) is 17.3 Å². The average Bonchev–Trinajstić information content (AvgIpc) is 3.19. The summed E-state index contributed by atoms with van der Waals surface area (Å²) in [6, 6.07) is 0. The summed E-state index contributed by atoms with van der Waals surface area (Å²) < 4.78 is 19.5. The smallest absolute Gasteiger partial charge is 0.295 e. The summed E-state index contributed by atoms with van der Waals surface area (Å²) in [5, 5.41) is 0. The summed E-state index contributed by atoms with van der Waals surface area (Å²) in [4.78, 5) is 12.6. The molecule has 0 saturated heterocycles. The number of carbonyl (C=O) groups excluding carboxylic acids is 1. The van der Waals surface area contributed by atoms with E-state index < -0.39 is 25.0 Å². The lowest BCUT2D eigenvalue weighted by molar-refractivity contribution is -0.139. The Kier molecular flexibility index (Phi) is 10.3. The van der Waals surface area contributed by atoms with Crippen LogP contribution in [0.4, 0.5) is 0 Å². The molecular weight excluding hydrogens is 581 g/mol. The van der Waals surface area contributed by atoms with Crippen LogP contribution in [-0.4, -0.2) is 37.0 Å². The third-order valence-corrected chi connectivity index (χ3v) is 14.2.